The minimum Gasteiger partial charge on any atom is -0.373 e. The summed E-state index contributed by atoms with van der Waals surface area (Å²) < 4.78 is 62.5. The summed E-state index contributed by atoms with van der Waals surface area (Å²) in [5.74, 6) is -0.905. The molecule has 2 aliphatic rings. The van der Waals surface area contributed by atoms with Gasteiger partial charge in [-0.3, -0.25) is 4.68 Å². The summed E-state index contributed by atoms with van der Waals surface area (Å²) in [7, 11) is 0. The van der Waals surface area contributed by atoms with Gasteiger partial charge in [0.1, 0.15) is 5.82 Å². The van der Waals surface area contributed by atoms with Gasteiger partial charge in [-0.1, -0.05) is 6.07 Å². The van der Waals surface area contributed by atoms with E-state index in [2.05, 4.69) is 10.1 Å². The first kappa shape index (κ1) is 23.1. The summed E-state index contributed by atoms with van der Waals surface area (Å²) in [6.45, 7) is 2.38. The summed E-state index contributed by atoms with van der Waals surface area (Å²) in [5, 5.41) is 5.07. The maximum Gasteiger partial charge on any atom is 0.416 e. The van der Waals surface area contributed by atoms with Gasteiger partial charge in [-0.05, 0) is 68.5 Å². The van der Waals surface area contributed by atoms with E-state index in [1.165, 1.54) is 6.07 Å². The van der Waals surface area contributed by atoms with Crippen molar-refractivity contribution in [1.82, 2.24) is 19.7 Å². The fraction of sp³-hybridized carbons (Fsp3) is 0.370. The molecule has 4 heterocycles. The molecule has 0 unspecified atom stereocenters. The number of alkyl halides is 3. The Kier molecular flexibility index (Phi) is 5.55. The van der Waals surface area contributed by atoms with Crippen LogP contribution in [0.15, 0.2) is 48.8 Å². The molecule has 1 aromatic carbocycles. The Bertz CT molecular complexity index is 1440. The van der Waals surface area contributed by atoms with Crippen LogP contribution in [0.4, 0.5) is 17.6 Å². The number of aryl methyl sites for hydroxylation is 1. The Labute approximate surface area is 205 Å². The maximum absolute atomic E-state index is 15.0. The molecule has 4 aromatic rings. The first-order chi connectivity index (χ1) is 17.3. The first-order valence-corrected chi connectivity index (χ1v) is 12.1. The van der Waals surface area contributed by atoms with Crippen LogP contribution in [-0.4, -0.2) is 26.4 Å². The second-order valence-corrected chi connectivity index (χ2v) is 9.68. The van der Waals surface area contributed by atoms with Gasteiger partial charge in [0.15, 0.2) is 5.65 Å². The number of pyridine rings is 2. The number of benzene rings is 1. The summed E-state index contributed by atoms with van der Waals surface area (Å²) in [4.78, 5) is 9.37. The van der Waals surface area contributed by atoms with Crippen molar-refractivity contribution in [2.75, 3.05) is 6.61 Å². The van der Waals surface area contributed by atoms with Crippen LogP contribution in [0.2, 0.25) is 0 Å². The Morgan fingerprint density at radius 3 is 2.58 bits per heavy atom. The van der Waals surface area contributed by atoms with Gasteiger partial charge in [-0.15, -0.1) is 0 Å². The van der Waals surface area contributed by atoms with Crippen molar-refractivity contribution in [3.8, 4) is 11.1 Å². The quantitative estimate of drug-likeness (QED) is 0.288. The molecule has 1 saturated carbocycles. The highest BCUT2D eigenvalue weighted by molar-refractivity contribution is 5.93. The molecule has 0 spiro atoms. The van der Waals surface area contributed by atoms with E-state index in [0.717, 1.165) is 42.3 Å². The Hall–Kier alpha value is -3.33. The molecular formula is C27H24F4N4O. The average molecular weight is 497 g/mol. The van der Waals surface area contributed by atoms with E-state index < -0.39 is 17.6 Å². The van der Waals surface area contributed by atoms with E-state index in [1.54, 1.807) is 18.2 Å². The van der Waals surface area contributed by atoms with Crippen LogP contribution < -0.4 is 0 Å². The molecule has 186 valence electrons. The van der Waals surface area contributed by atoms with Crippen LogP contribution in [0.5, 0.6) is 0 Å². The topological polar surface area (TPSA) is 52.8 Å². The van der Waals surface area contributed by atoms with Crippen LogP contribution in [0.1, 0.15) is 66.3 Å². The van der Waals surface area contributed by atoms with Crippen molar-refractivity contribution < 1.29 is 22.3 Å². The minimum absolute atomic E-state index is 0.0241. The highest BCUT2D eigenvalue weighted by atomic mass is 19.4. The SMILES string of the molecule is Cc1ccc2c(-c3ccc(C(F)(F)F)cc3F)cc([C@H]3CCO[C@@H](c4cnn(C5CC5)c4)C3)nc2n1. The summed E-state index contributed by atoms with van der Waals surface area (Å²) in [6.07, 6.45) is 2.85. The summed E-state index contributed by atoms with van der Waals surface area (Å²) >= 11 is 0. The summed E-state index contributed by atoms with van der Waals surface area (Å²) in [5.41, 5.74) is 2.52. The second-order valence-electron chi connectivity index (χ2n) is 9.68. The van der Waals surface area contributed by atoms with Crippen molar-refractivity contribution in [2.45, 2.75) is 56.8 Å². The predicted octanol–water partition coefficient (Wildman–Crippen LogP) is 6.93. The maximum atomic E-state index is 15.0. The van der Waals surface area contributed by atoms with Gasteiger partial charge < -0.3 is 4.74 Å². The number of halogens is 4. The molecule has 0 N–H and O–H groups in total. The lowest BCUT2D eigenvalue weighted by Gasteiger charge is -2.29. The van der Waals surface area contributed by atoms with Crippen molar-refractivity contribution in [1.29, 1.82) is 0 Å². The molecule has 1 aliphatic carbocycles. The molecule has 9 heteroatoms. The zero-order valence-electron chi connectivity index (χ0n) is 19.6. The molecule has 1 aliphatic heterocycles. The van der Waals surface area contributed by atoms with E-state index in [-0.39, 0.29) is 17.6 Å². The lowest BCUT2D eigenvalue weighted by Crippen LogP contribution is -2.19. The standard InChI is InChI=1S/C27H24F4N4O/c1-15-2-6-21-22(20-7-3-18(11-23(20)28)27(29,30)31)12-24(34-26(21)33-15)16-8-9-36-25(10-16)17-13-32-35(14-17)19-4-5-19/h2-3,6-7,11-14,16,19,25H,4-5,8-10H2,1H3/t16-,25+/m0/s1. The van der Waals surface area contributed by atoms with Crippen molar-refractivity contribution >= 4 is 11.0 Å². The van der Waals surface area contributed by atoms with Gasteiger partial charge in [0, 0.05) is 46.6 Å². The predicted molar refractivity (Wildman–Crippen MR) is 126 cm³/mol. The van der Waals surface area contributed by atoms with Gasteiger partial charge in [0.05, 0.1) is 23.9 Å². The van der Waals surface area contributed by atoms with Crippen LogP contribution >= 0.6 is 0 Å². The molecule has 1 saturated heterocycles. The Morgan fingerprint density at radius 2 is 1.83 bits per heavy atom. The highest BCUT2D eigenvalue weighted by Gasteiger charge is 2.32. The lowest BCUT2D eigenvalue weighted by molar-refractivity contribution is -0.137. The lowest BCUT2D eigenvalue weighted by atomic mass is 9.88. The molecule has 0 radical (unpaired) electrons. The van der Waals surface area contributed by atoms with Crippen LogP contribution in [0.3, 0.4) is 0 Å². The molecular weight excluding hydrogens is 472 g/mol. The van der Waals surface area contributed by atoms with Crippen LogP contribution in [-0.2, 0) is 10.9 Å². The Morgan fingerprint density at radius 1 is 1.00 bits per heavy atom. The third-order valence-corrected chi connectivity index (χ3v) is 7.03. The Balaban J connectivity index is 1.39. The van der Waals surface area contributed by atoms with Gasteiger partial charge in [-0.25, -0.2) is 14.4 Å². The van der Waals surface area contributed by atoms with E-state index in [0.29, 0.717) is 41.7 Å². The average Bonchev–Trinajstić information content (AvgIpc) is 3.59. The molecule has 3 aromatic heterocycles. The van der Waals surface area contributed by atoms with Crippen molar-refractivity contribution in [3.63, 3.8) is 0 Å². The van der Waals surface area contributed by atoms with Crippen LogP contribution in [0, 0.1) is 12.7 Å². The first-order valence-electron chi connectivity index (χ1n) is 12.1. The number of nitrogens with zero attached hydrogens (tertiary/aromatic N) is 4. The number of rotatable bonds is 4. The fourth-order valence-electron chi connectivity index (χ4n) is 4.92. The van der Waals surface area contributed by atoms with Gasteiger partial charge >= 0.3 is 6.18 Å². The highest BCUT2D eigenvalue weighted by Crippen LogP contribution is 2.41. The molecule has 0 bridgehead atoms. The minimum atomic E-state index is -4.62. The van der Waals surface area contributed by atoms with E-state index in [4.69, 9.17) is 9.72 Å². The van der Waals surface area contributed by atoms with E-state index in [1.807, 2.05) is 24.0 Å². The second kappa shape index (κ2) is 8.65. The number of fused-ring (bicyclic) bond motifs is 1. The third-order valence-electron chi connectivity index (χ3n) is 7.03. The molecule has 2 atom stereocenters. The van der Waals surface area contributed by atoms with Gasteiger partial charge in [0.25, 0.3) is 0 Å². The normalized spacial score (nSPS) is 20.7. The molecule has 0 amide bonds. The smallest absolute Gasteiger partial charge is 0.373 e. The third kappa shape index (κ3) is 4.36. The molecule has 5 nitrogen and oxygen atoms in total. The number of aromatic nitrogens is 4. The van der Waals surface area contributed by atoms with E-state index in [9.17, 15) is 13.2 Å². The molecule has 2 fully saturated rings. The zero-order valence-corrected chi connectivity index (χ0v) is 19.6. The molecule has 6 rings (SSSR count). The number of ether oxygens (including phenoxy) is 1. The summed E-state index contributed by atoms with van der Waals surface area (Å²) in [6, 6.07) is 8.51. The van der Waals surface area contributed by atoms with Crippen molar-refractivity contribution in [3.05, 3.63) is 77.1 Å². The van der Waals surface area contributed by atoms with Gasteiger partial charge in [0.2, 0.25) is 0 Å². The van der Waals surface area contributed by atoms with Gasteiger partial charge in [-0.2, -0.15) is 18.3 Å². The number of hydrogen-bond donors (Lipinski definition) is 0. The largest absolute Gasteiger partial charge is 0.416 e. The van der Waals surface area contributed by atoms with Crippen molar-refractivity contribution in [2.24, 2.45) is 0 Å². The number of hydrogen-bond acceptors (Lipinski definition) is 4. The zero-order chi connectivity index (χ0) is 25.0. The fourth-order valence-corrected chi connectivity index (χ4v) is 4.92. The van der Waals surface area contributed by atoms with E-state index >= 15 is 4.39 Å². The monoisotopic (exact) mass is 496 g/mol. The molecule has 36 heavy (non-hydrogen) atoms. The van der Waals surface area contributed by atoms with Crippen LogP contribution in [0.25, 0.3) is 22.2 Å².